The predicted molar refractivity (Wildman–Crippen MR) is 123 cm³/mol. The number of unbranched alkanes of at least 4 members (excludes halogenated alkanes) is 20. The van der Waals surface area contributed by atoms with Crippen molar-refractivity contribution in [1.29, 1.82) is 0 Å². The number of rotatable bonds is 23. The van der Waals surface area contributed by atoms with Gasteiger partial charge in [-0.15, -0.1) is 0 Å². The molecule has 27 heavy (non-hydrogen) atoms. The molecule has 1 atom stereocenters. The summed E-state index contributed by atoms with van der Waals surface area (Å²) in [6.45, 7) is 4.81. The number of hydrogen-bond donors (Lipinski definition) is 1. The molecule has 0 radical (unpaired) electrons. The molecular weight excluding hydrogens is 328 g/mol. The average Bonchev–Trinajstić information content (AvgIpc) is 2.68. The molecule has 1 heteroatoms. The Hall–Kier alpha value is -0.0400. The van der Waals surface area contributed by atoms with Gasteiger partial charge >= 0.3 is 0 Å². The van der Waals surface area contributed by atoms with Gasteiger partial charge in [0.25, 0.3) is 0 Å². The van der Waals surface area contributed by atoms with Gasteiger partial charge in [-0.05, 0) is 12.3 Å². The van der Waals surface area contributed by atoms with E-state index < -0.39 is 0 Å². The van der Waals surface area contributed by atoms with Crippen LogP contribution in [0.2, 0.25) is 0 Å². The van der Waals surface area contributed by atoms with Crippen LogP contribution >= 0.6 is 0 Å². The van der Waals surface area contributed by atoms with E-state index in [1.165, 1.54) is 141 Å². The van der Waals surface area contributed by atoms with Crippen LogP contribution in [0.5, 0.6) is 0 Å². The highest BCUT2D eigenvalue weighted by atomic mass is 16.3. The molecule has 0 aliphatic rings. The van der Waals surface area contributed by atoms with E-state index in [1.54, 1.807) is 0 Å². The summed E-state index contributed by atoms with van der Waals surface area (Å²) >= 11 is 0. The molecule has 0 rings (SSSR count). The van der Waals surface area contributed by atoms with Gasteiger partial charge in [0.2, 0.25) is 0 Å². The standard InChI is InChI=1S/C26H54O/c1-3-4-5-6-7-8-9-10-11-12-13-14-15-16-17-18-19-20-21-22-23-24-26(2)25-27/h26-27H,3-25H2,1-2H3/t26-/m0/s1. The highest BCUT2D eigenvalue weighted by Gasteiger charge is 1.99. The monoisotopic (exact) mass is 382 g/mol. The predicted octanol–water partition coefficient (Wildman–Crippen LogP) is 9.22. The summed E-state index contributed by atoms with van der Waals surface area (Å²) in [6.07, 6.45) is 31.5. The van der Waals surface area contributed by atoms with E-state index in [9.17, 15) is 0 Å². The van der Waals surface area contributed by atoms with Crippen molar-refractivity contribution in [3.05, 3.63) is 0 Å². The van der Waals surface area contributed by atoms with Gasteiger partial charge in [-0.3, -0.25) is 0 Å². The van der Waals surface area contributed by atoms with Crippen LogP contribution in [0.25, 0.3) is 0 Å². The Morgan fingerprint density at radius 1 is 0.444 bits per heavy atom. The maximum absolute atomic E-state index is 9.00. The van der Waals surface area contributed by atoms with Gasteiger partial charge in [0.15, 0.2) is 0 Å². The number of hydrogen-bond acceptors (Lipinski definition) is 1. The van der Waals surface area contributed by atoms with Crippen LogP contribution in [0.4, 0.5) is 0 Å². The maximum Gasteiger partial charge on any atom is 0.0456 e. The third-order valence-electron chi connectivity index (χ3n) is 6.11. The zero-order valence-electron chi connectivity index (χ0n) is 19.3. The summed E-state index contributed by atoms with van der Waals surface area (Å²) < 4.78 is 0. The molecule has 0 bridgehead atoms. The lowest BCUT2D eigenvalue weighted by molar-refractivity contribution is 0.227. The fraction of sp³-hybridized carbons (Fsp3) is 1.00. The van der Waals surface area contributed by atoms with Crippen molar-refractivity contribution in [2.24, 2.45) is 5.92 Å². The Bertz CT molecular complexity index is 251. The van der Waals surface area contributed by atoms with Crippen molar-refractivity contribution < 1.29 is 5.11 Å². The first kappa shape index (κ1) is 27.0. The van der Waals surface area contributed by atoms with Crippen LogP contribution in [-0.2, 0) is 0 Å². The molecule has 0 aliphatic carbocycles. The Balaban J connectivity index is 2.99. The molecule has 0 aliphatic heterocycles. The van der Waals surface area contributed by atoms with E-state index >= 15 is 0 Å². The molecule has 0 aromatic rings. The second kappa shape index (κ2) is 24.0. The zero-order valence-corrected chi connectivity index (χ0v) is 19.3. The first-order valence-corrected chi connectivity index (χ1v) is 12.9. The van der Waals surface area contributed by atoms with E-state index in [1.807, 2.05) is 0 Å². The summed E-state index contributed by atoms with van der Waals surface area (Å²) in [4.78, 5) is 0. The van der Waals surface area contributed by atoms with Crippen LogP contribution in [0.15, 0.2) is 0 Å². The lowest BCUT2D eigenvalue weighted by Gasteiger charge is -2.07. The minimum Gasteiger partial charge on any atom is -0.396 e. The third kappa shape index (κ3) is 23.9. The van der Waals surface area contributed by atoms with Gasteiger partial charge in [-0.2, -0.15) is 0 Å². The van der Waals surface area contributed by atoms with Crippen molar-refractivity contribution in [2.75, 3.05) is 6.61 Å². The lowest BCUT2D eigenvalue weighted by atomic mass is 10.0. The fourth-order valence-corrected chi connectivity index (χ4v) is 4.02. The molecule has 0 aromatic carbocycles. The minimum atomic E-state index is 0.360. The fourth-order valence-electron chi connectivity index (χ4n) is 4.02. The van der Waals surface area contributed by atoms with Gasteiger partial charge in [-0.1, -0.05) is 149 Å². The van der Waals surface area contributed by atoms with Gasteiger partial charge in [-0.25, -0.2) is 0 Å². The van der Waals surface area contributed by atoms with Crippen molar-refractivity contribution >= 4 is 0 Å². The zero-order chi connectivity index (χ0) is 19.8. The Kier molecular flexibility index (Phi) is 24.0. The topological polar surface area (TPSA) is 20.2 Å². The van der Waals surface area contributed by atoms with E-state index in [2.05, 4.69) is 13.8 Å². The first-order chi connectivity index (χ1) is 13.3. The molecular formula is C26H54O. The summed E-state index contributed by atoms with van der Waals surface area (Å²) in [5, 5.41) is 9.00. The third-order valence-corrected chi connectivity index (χ3v) is 6.11. The Labute approximate surface area is 173 Å². The second-order valence-corrected chi connectivity index (χ2v) is 9.15. The Morgan fingerprint density at radius 3 is 0.963 bits per heavy atom. The van der Waals surface area contributed by atoms with Gasteiger partial charge in [0.05, 0.1) is 0 Å². The van der Waals surface area contributed by atoms with Gasteiger partial charge in [0, 0.05) is 6.61 Å². The summed E-state index contributed by atoms with van der Waals surface area (Å²) in [6, 6.07) is 0. The first-order valence-electron chi connectivity index (χ1n) is 12.9. The number of aliphatic hydroxyl groups is 1. The SMILES string of the molecule is CCCCCCCCCCCCCCCCCCCCCCC[C@H](C)CO. The normalized spacial score (nSPS) is 12.6. The van der Waals surface area contributed by atoms with Crippen LogP contribution < -0.4 is 0 Å². The molecule has 0 heterocycles. The molecule has 0 spiro atoms. The molecule has 0 aromatic heterocycles. The molecule has 1 nitrogen and oxygen atoms in total. The summed E-state index contributed by atoms with van der Waals surface area (Å²) in [5.74, 6) is 0.505. The maximum atomic E-state index is 9.00. The summed E-state index contributed by atoms with van der Waals surface area (Å²) in [7, 11) is 0. The molecule has 0 saturated heterocycles. The molecule has 0 saturated carbocycles. The van der Waals surface area contributed by atoms with Crippen LogP contribution in [-0.4, -0.2) is 11.7 Å². The van der Waals surface area contributed by atoms with E-state index in [0.29, 0.717) is 12.5 Å². The van der Waals surface area contributed by atoms with Crippen molar-refractivity contribution in [1.82, 2.24) is 0 Å². The van der Waals surface area contributed by atoms with Crippen LogP contribution in [0, 0.1) is 5.92 Å². The molecule has 1 N–H and O–H groups in total. The quantitative estimate of drug-likeness (QED) is 0.175. The van der Waals surface area contributed by atoms with E-state index in [0.717, 1.165) is 0 Å². The average molecular weight is 383 g/mol. The highest BCUT2D eigenvalue weighted by molar-refractivity contribution is 4.53. The van der Waals surface area contributed by atoms with Crippen molar-refractivity contribution in [2.45, 2.75) is 155 Å². The molecule has 0 unspecified atom stereocenters. The number of aliphatic hydroxyl groups excluding tert-OH is 1. The van der Waals surface area contributed by atoms with Gasteiger partial charge in [0.1, 0.15) is 0 Å². The molecule has 0 fully saturated rings. The van der Waals surface area contributed by atoms with Crippen molar-refractivity contribution in [3.8, 4) is 0 Å². The minimum absolute atomic E-state index is 0.360. The Morgan fingerprint density at radius 2 is 0.704 bits per heavy atom. The van der Waals surface area contributed by atoms with E-state index in [-0.39, 0.29) is 0 Å². The lowest BCUT2D eigenvalue weighted by Crippen LogP contribution is -1.99. The van der Waals surface area contributed by atoms with Crippen molar-refractivity contribution in [3.63, 3.8) is 0 Å². The molecule has 0 amide bonds. The van der Waals surface area contributed by atoms with Gasteiger partial charge < -0.3 is 5.11 Å². The highest BCUT2D eigenvalue weighted by Crippen LogP contribution is 2.15. The molecule has 164 valence electrons. The smallest absolute Gasteiger partial charge is 0.0456 e. The van der Waals surface area contributed by atoms with Crippen LogP contribution in [0.3, 0.4) is 0 Å². The largest absolute Gasteiger partial charge is 0.396 e. The van der Waals surface area contributed by atoms with E-state index in [4.69, 9.17) is 5.11 Å². The summed E-state index contributed by atoms with van der Waals surface area (Å²) in [5.41, 5.74) is 0. The second-order valence-electron chi connectivity index (χ2n) is 9.15. The van der Waals surface area contributed by atoms with Crippen LogP contribution in [0.1, 0.15) is 155 Å².